The molecule has 0 unspecified atom stereocenters. The molecule has 1 nitrogen and oxygen atoms in total. The summed E-state index contributed by atoms with van der Waals surface area (Å²) in [6.45, 7) is 0.740. The second-order valence-electron chi connectivity index (χ2n) is 2.51. The van der Waals surface area contributed by atoms with Crippen molar-refractivity contribution in [3.05, 3.63) is 35.9 Å². The summed E-state index contributed by atoms with van der Waals surface area (Å²) in [5.74, 6) is 0. The minimum absolute atomic E-state index is 0.305. The van der Waals surface area contributed by atoms with Gasteiger partial charge in [-0.2, -0.15) is 30.3 Å². The van der Waals surface area contributed by atoms with E-state index in [4.69, 9.17) is 4.74 Å². The zero-order chi connectivity index (χ0) is 10.6. The molecule has 74 valence electrons. The molecule has 0 amide bonds. The van der Waals surface area contributed by atoms with Gasteiger partial charge < -0.3 is 4.74 Å². The van der Waals surface area contributed by atoms with Crippen molar-refractivity contribution in [2.75, 3.05) is 13.3 Å². The van der Waals surface area contributed by atoms with Crippen LogP contribution in [0.15, 0.2) is 24.3 Å². The van der Waals surface area contributed by atoms with E-state index in [1.54, 1.807) is 0 Å². The SMILES string of the molecule is FCCCOCc1c[c-]ccc1.[Zn+][Br]. The van der Waals surface area contributed by atoms with Crippen LogP contribution < -0.4 is 0 Å². The Morgan fingerprint density at radius 1 is 1.50 bits per heavy atom. The van der Waals surface area contributed by atoms with Gasteiger partial charge in [0, 0.05) is 13.2 Å². The molecule has 0 aliphatic rings. The summed E-state index contributed by atoms with van der Waals surface area (Å²) in [5, 5.41) is 0. The zero-order valence-corrected chi connectivity index (χ0v) is 12.6. The monoisotopic (exact) mass is 310 g/mol. The minimum atomic E-state index is -0.305. The third-order valence-electron chi connectivity index (χ3n) is 1.46. The van der Waals surface area contributed by atoms with Crippen LogP contribution in [-0.4, -0.2) is 13.3 Å². The molecule has 0 bridgehead atoms. The fraction of sp³-hybridized carbons (Fsp3) is 0.400. The first-order chi connectivity index (χ1) is 6.93. The van der Waals surface area contributed by atoms with Gasteiger partial charge in [-0.05, 0) is 6.42 Å². The van der Waals surface area contributed by atoms with Crippen LogP contribution in [-0.2, 0) is 27.7 Å². The second-order valence-corrected chi connectivity index (χ2v) is 2.51. The topological polar surface area (TPSA) is 9.23 Å². The molecule has 0 N–H and O–H groups in total. The summed E-state index contributed by atoms with van der Waals surface area (Å²) < 4.78 is 16.8. The number of hydrogen-bond donors (Lipinski definition) is 0. The third-order valence-corrected chi connectivity index (χ3v) is 1.46. The predicted molar refractivity (Wildman–Crippen MR) is 54.5 cm³/mol. The van der Waals surface area contributed by atoms with Gasteiger partial charge in [0.15, 0.2) is 0 Å². The number of halogens is 2. The van der Waals surface area contributed by atoms with Crippen LogP contribution in [0.2, 0.25) is 0 Å². The molecule has 0 heterocycles. The first-order valence-electron chi connectivity index (χ1n) is 4.29. The molecule has 14 heavy (non-hydrogen) atoms. The van der Waals surface area contributed by atoms with Crippen molar-refractivity contribution in [3.63, 3.8) is 0 Å². The number of rotatable bonds is 5. The molecule has 0 saturated carbocycles. The van der Waals surface area contributed by atoms with Crippen molar-refractivity contribution in [2.45, 2.75) is 13.0 Å². The molecule has 1 aromatic carbocycles. The summed E-state index contributed by atoms with van der Waals surface area (Å²) in [4.78, 5) is 0. The Labute approximate surface area is 101 Å². The van der Waals surface area contributed by atoms with Crippen molar-refractivity contribution in [1.82, 2.24) is 0 Å². The Morgan fingerprint density at radius 2 is 2.29 bits per heavy atom. The van der Waals surface area contributed by atoms with E-state index in [0.717, 1.165) is 5.56 Å². The van der Waals surface area contributed by atoms with Crippen molar-refractivity contribution >= 4 is 13.6 Å². The number of alkyl halides is 1. The summed E-state index contributed by atoms with van der Waals surface area (Å²) >= 11 is 4.25. The quantitative estimate of drug-likeness (QED) is 0.461. The molecule has 0 aromatic heterocycles. The molecular weight excluding hydrogens is 300 g/mol. The van der Waals surface area contributed by atoms with Crippen LogP contribution in [0.25, 0.3) is 0 Å². The molecule has 0 atom stereocenters. The van der Waals surface area contributed by atoms with Crippen molar-refractivity contribution in [2.24, 2.45) is 0 Å². The normalized spacial score (nSPS) is 9.14. The molecule has 1 rings (SSSR count). The first kappa shape index (κ1) is 14.2. The van der Waals surface area contributed by atoms with Gasteiger partial charge in [-0.1, -0.05) is 0 Å². The number of hydrogen-bond acceptors (Lipinski definition) is 1. The van der Waals surface area contributed by atoms with Gasteiger partial charge in [0.05, 0.1) is 6.67 Å². The first-order valence-corrected chi connectivity index (χ1v) is 11.2. The molecule has 0 aliphatic heterocycles. The number of ether oxygens (including phenoxy) is 1. The van der Waals surface area contributed by atoms with Crippen LogP contribution in [0, 0.1) is 6.07 Å². The van der Waals surface area contributed by atoms with Crippen LogP contribution >= 0.6 is 13.6 Å². The summed E-state index contributed by atoms with van der Waals surface area (Å²) in [5.41, 5.74) is 1.08. The molecule has 0 fully saturated rings. The number of benzene rings is 1. The average Bonchev–Trinajstić information content (AvgIpc) is 2.29. The van der Waals surface area contributed by atoms with Gasteiger partial charge in [0.1, 0.15) is 0 Å². The average molecular weight is 312 g/mol. The molecular formula is C10H12BrFOZn. The van der Waals surface area contributed by atoms with Crippen molar-refractivity contribution < 1.29 is 25.5 Å². The summed E-state index contributed by atoms with van der Waals surface area (Å²) in [7, 11) is 0. The van der Waals surface area contributed by atoms with Crippen molar-refractivity contribution in [3.8, 4) is 0 Å². The Hall–Kier alpha value is 0.213. The second kappa shape index (κ2) is 11.3. The Balaban J connectivity index is 0.000000791. The van der Waals surface area contributed by atoms with Gasteiger partial charge in [-0.3, -0.25) is 4.39 Å². The fourth-order valence-electron chi connectivity index (χ4n) is 0.867. The van der Waals surface area contributed by atoms with Gasteiger partial charge in [0.25, 0.3) is 0 Å². The maximum absolute atomic E-state index is 11.6. The standard InChI is InChI=1S/C10H12FO.BrH.Zn/c11-7-4-8-12-9-10-5-2-1-3-6-10;;/h1-2,5-6H,4,7-9H2;1H;/q-1;;+2/p-1. The molecule has 4 heteroatoms. The van der Waals surface area contributed by atoms with E-state index in [-0.39, 0.29) is 6.67 Å². The van der Waals surface area contributed by atoms with Gasteiger partial charge >= 0.3 is 30.0 Å². The van der Waals surface area contributed by atoms with E-state index >= 15 is 0 Å². The molecule has 0 saturated heterocycles. The summed E-state index contributed by atoms with van der Waals surface area (Å²) in [6, 6.07) is 10.5. The van der Waals surface area contributed by atoms with E-state index < -0.39 is 0 Å². The van der Waals surface area contributed by atoms with Crippen molar-refractivity contribution in [1.29, 1.82) is 0 Å². The van der Waals surface area contributed by atoms with Crippen LogP contribution in [0.3, 0.4) is 0 Å². The van der Waals surface area contributed by atoms with E-state index in [1.165, 1.54) is 16.3 Å². The van der Waals surface area contributed by atoms with E-state index in [2.05, 4.69) is 19.7 Å². The molecule has 0 radical (unpaired) electrons. The van der Waals surface area contributed by atoms with Crippen LogP contribution in [0.1, 0.15) is 12.0 Å². The Kier molecular flexibility index (Phi) is 11.5. The van der Waals surface area contributed by atoms with E-state index in [0.29, 0.717) is 19.6 Å². The Bertz CT molecular complexity index is 209. The molecule has 0 aliphatic carbocycles. The summed E-state index contributed by atoms with van der Waals surface area (Å²) in [6.07, 6.45) is 0.483. The van der Waals surface area contributed by atoms with Gasteiger partial charge in [0.2, 0.25) is 0 Å². The zero-order valence-electron chi connectivity index (χ0n) is 8.01. The van der Waals surface area contributed by atoms with Gasteiger partial charge in [-0.25, -0.2) is 0 Å². The third kappa shape index (κ3) is 7.60. The van der Waals surface area contributed by atoms with E-state index in [9.17, 15) is 4.39 Å². The van der Waals surface area contributed by atoms with Gasteiger partial charge in [-0.15, -0.1) is 5.56 Å². The Morgan fingerprint density at radius 3 is 2.86 bits per heavy atom. The van der Waals surface area contributed by atoms with Crippen LogP contribution in [0.5, 0.6) is 0 Å². The predicted octanol–water partition coefficient (Wildman–Crippen LogP) is 3.21. The molecule has 1 aromatic rings. The van der Waals surface area contributed by atoms with Crippen LogP contribution in [0.4, 0.5) is 4.39 Å². The van der Waals surface area contributed by atoms with E-state index in [1.807, 2.05) is 24.3 Å². The fourth-order valence-corrected chi connectivity index (χ4v) is 0.867. The molecule has 0 spiro atoms. The maximum atomic E-state index is 11.6.